The summed E-state index contributed by atoms with van der Waals surface area (Å²) in [5.74, 6) is -0.368. The molecule has 4 nitrogen and oxygen atoms in total. The molecule has 1 aliphatic heterocycles. The standard InChI is InChI=1S/C28H32FN3O/c1-17-11-18(2)23(19(3)12-17)16-25(30)28(33)32-27-9-10-31-26-8-7-21(15-24(26)27)13-20-5-4-6-22(29)14-20/h4-8,11-12,14-15,25,27,31H,9-10,13,16,30H2,1-3H3,(H,32,33). The highest BCUT2D eigenvalue weighted by molar-refractivity contribution is 5.82. The van der Waals surface area contributed by atoms with Gasteiger partial charge in [0, 0.05) is 12.2 Å². The molecule has 172 valence electrons. The van der Waals surface area contributed by atoms with Gasteiger partial charge in [-0.3, -0.25) is 4.79 Å². The molecule has 2 atom stereocenters. The second kappa shape index (κ2) is 9.75. The highest BCUT2D eigenvalue weighted by Gasteiger charge is 2.25. The topological polar surface area (TPSA) is 67.2 Å². The average Bonchev–Trinajstić information content (AvgIpc) is 2.76. The van der Waals surface area contributed by atoms with Crippen LogP contribution < -0.4 is 16.4 Å². The molecule has 1 amide bonds. The van der Waals surface area contributed by atoms with Crippen LogP contribution in [0, 0.1) is 26.6 Å². The van der Waals surface area contributed by atoms with Gasteiger partial charge in [-0.2, -0.15) is 0 Å². The largest absolute Gasteiger partial charge is 0.385 e. The van der Waals surface area contributed by atoms with Crippen LogP contribution in [0.1, 0.15) is 51.4 Å². The van der Waals surface area contributed by atoms with Gasteiger partial charge in [-0.05, 0) is 91.6 Å². The van der Waals surface area contributed by atoms with Gasteiger partial charge in [-0.15, -0.1) is 0 Å². The molecule has 0 bridgehead atoms. The second-order valence-corrected chi connectivity index (χ2v) is 9.19. The molecular formula is C28H32FN3O. The van der Waals surface area contributed by atoms with E-state index in [2.05, 4.69) is 55.7 Å². The number of anilines is 1. The second-order valence-electron chi connectivity index (χ2n) is 9.19. The molecule has 0 aromatic heterocycles. The number of nitrogens with two attached hydrogens (primary N) is 1. The molecule has 1 heterocycles. The van der Waals surface area contributed by atoms with Crippen LogP contribution in [0.2, 0.25) is 0 Å². The molecule has 4 N–H and O–H groups in total. The first-order valence-electron chi connectivity index (χ1n) is 11.5. The molecule has 33 heavy (non-hydrogen) atoms. The van der Waals surface area contributed by atoms with Gasteiger partial charge in [0.1, 0.15) is 5.82 Å². The third-order valence-corrected chi connectivity index (χ3v) is 6.45. The van der Waals surface area contributed by atoms with E-state index in [0.717, 1.165) is 40.9 Å². The van der Waals surface area contributed by atoms with Gasteiger partial charge in [0.2, 0.25) is 5.91 Å². The molecule has 5 heteroatoms. The molecule has 0 saturated carbocycles. The predicted octanol–water partition coefficient (Wildman–Crippen LogP) is 4.88. The van der Waals surface area contributed by atoms with E-state index in [-0.39, 0.29) is 17.8 Å². The summed E-state index contributed by atoms with van der Waals surface area (Å²) in [4.78, 5) is 13.0. The number of rotatable bonds is 6. The minimum absolute atomic E-state index is 0.104. The lowest BCUT2D eigenvalue weighted by atomic mass is 9.92. The molecule has 4 rings (SSSR count). The summed E-state index contributed by atoms with van der Waals surface area (Å²) in [6.45, 7) is 7.01. The molecule has 0 saturated heterocycles. The van der Waals surface area contributed by atoms with Crippen LogP contribution in [0.3, 0.4) is 0 Å². The Balaban J connectivity index is 1.48. The quantitative estimate of drug-likeness (QED) is 0.506. The lowest BCUT2D eigenvalue weighted by Gasteiger charge is -2.29. The number of aryl methyl sites for hydroxylation is 3. The smallest absolute Gasteiger partial charge is 0.237 e. The molecule has 0 spiro atoms. The first-order chi connectivity index (χ1) is 15.8. The third-order valence-electron chi connectivity index (χ3n) is 6.45. The number of fused-ring (bicyclic) bond motifs is 1. The fourth-order valence-electron chi connectivity index (χ4n) is 4.83. The lowest BCUT2D eigenvalue weighted by molar-refractivity contribution is -0.123. The van der Waals surface area contributed by atoms with Crippen molar-refractivity contribution < 1.29 is 9.18 Å². The van der Waals surface area contributed by atoms with Crippen molar-refractivity contribution in [2.24, 2.45) is 5.73 Å². The number of amides is 1. The molecule has 0 aliphatic carbocycles. The summed E-state index contributed by atoms with van der Waals surface area (Å²) in [6.07, 6.45) is 1.94. The van der Waals surface area contributed by atoms with E-state index in [1.54, 1.807) is 12.1 Å². The van der Waals surface area contributed by atoms with Crippen molar-refractivity contribution in [2.45, 2.75) is 52.1 Å². The maximum absolute atomic E-state index is 13.6. The van der Waals surface area contributed by atoms with Crippen molar-refractivity contribution in [2.75, 3.05) is 11.9 Å². The Morgan fingerprint density at radius 3 is 2.55 bits per heavy atom. The van der Waals surface area contributed by atoms with Gasteiger partial charge in [0.15, 0.2) is 0 Å². The summed E-state index contributed by atoms with van der Waals surface area (Å²) in [6, 6.07) is 16.4. The van der Waals surface area contributed by atoms with E-state index in [4.69, 9.17) is 5.73 Å². The SMILES string of the molecule is Cc1cc(C)c(CC(N)C(=O)NC2CCNc3ccc(Cc4cccc(F)c4)cc32)c(C)c1. The highest BCUT2D eigenvalue weighted by atomic mass is 19.1. The summed E-state index contributed by atoms with van der Waals surface area (Å²) in [7, 11) is 0. The van der Waals surface area contributed by atoms with Gasteiger partial charge >= 0.3 is 0 Å². The van der Waals surface area contributed by atoms with Crippen molar-refractivity contribution in [3.63, 3.8) is 0 Å². The average molecular weight is 446 g/mol. The number of hydrogen-bond acceptors (Lipinski definition) is 3. The Hall–Kier alpha value is -3.18. The molecular weight excluding hydrogens is 413 g/mol. The van der Waals surface area contributed by atoms with Crippen LogP contribution in [0.15, 0.2) is 54.6 Å². The monoisotopic (exact) mass is 445 g/mol. The number of carbonyl (C=O) groups is 1. The maximum Gasteiger partial charge on any atom is 0.237 e. The third kappa shape index (κ3) is 5.42. The van der Waals surface area contributed by atoms with Gasteiger partial charge in [0.05, 0.1) is 12.1 Å². The fraction of sp³-hybridized carbons (Fsp3) is 0.321. The number of benzene rings is 3. The fourth-order valence-corrected chi connectivity index (χ4v) is 4.83. The Morgan fingerprint density at radius 2 is 1.82 bits per heavy atom. The Bertz CT molecular complexity index is 1150. The summed E-state index contributed by atoms with van der Waals surface area (Å²) >= 11 is 0. The highest BCUT2D eigenvalue weighted by Crippen LogP contribution is 2.31. The predicted molar refractivity (Wildman–Crippen MR) is 132 cm³/mol. The Morgan fingerprint density at radius 1 is 1.09 bits per heavy atom. The lowest BCUT2D eigenvalue weighted by Crippen LogP contribution is -2.44. The van der Waals surface area contributed by atoms with E-state index in [1.807, 2.05) is 12.1 Å². The molecule has 3 aromatic carbocycles. The molecule has 0 radical (unpaired) electrons. The van der Waals surface area contributed by atoms with E-state index < -0.39 is 6.04 Å². The molecule has 0 fully saturated rings. The normalized spacial score (nSPS) is 16.0. The molecule has 3 aromatic rings. The van der Waals surface area contributed by atoms with Gasteiger partial charge in [0.25, 0.3) is 0 Å². The Kier molecular flexibility index (Phi) is 6.80. The minimum atomic E-state index is -0.612. The van der Waals surface area contributed by atoms with Crippen LogP contribution in [-0.2, 0) is 17.6 Å². The van der Waals surface area contributed by atoms with Gasteiger partial charge in [-0.1, -0.05) is 42.0 Å². The Labute approximate surface area is 195 Å². The van der Waals surface area contributed by atoms with Gasteiger partial charge < -0.3 is 16.4 Å². The summed E-state index contributed by atoms with van der Waals surface area (Å²) < 4.78 is 13.6. The van der Waals surface area contributed by atoms with Crippen molar-refractivity contribution >= 4 is 11.6 Å². The van der Waals surface area contributed by atoms with E-state index in [9.17, 15) is 9.18 Å². The van der Waals surface area contributed by atoms with Crippen molar-refractivity contribution in [3.05, 3.63) is 99.4 Å². The molecule has 2 unspecified atom stereocenters. The number of nitrogens with one attached hydrogen (secondary N) is 2. The summed E-state index contributed by atoms with van der Waals surface area (Å²) in [5.41, 5.74) is 15.1. The van der Waals surface area contributed by atoms with Crippen LogP contribution in [-0.4, -0.2) is 18.5 Å². The number of carbonyl (C=O) groups excluding carboxylic acids is 1. The van der Waals surface area contributed by atoms with E-state index >= 15 is 0 Å². The number of hydrogen-bond donors (Lipinski definition) is 3. The van der Waals surface area contributed by atoms with Crippen LogP contribution in [0.4, 0.5) is 10.1 Å². The first-order valence-corrected chi connectivity index (χ1v) is 11.5. The zero-order chi connectivity index (χ0) is 23.5. The van der Waals surface area contributed by atoms with Crippen LogP contribution in [0.25, 0.3) is 0 Å². The van der Waals surface area contributed by atoms with E-state index in [1.165, 1.54) is 22.8 Å². The van der Waals surface area contributed by atoms with Crippen molar-refractivity contribution in [3.8, 4) is 0 Å². The van der Waals surface area contributed by atoms with E-state index in [0.29, 0.717) is 12.8 Å². The zero-order valence-corrected chi connectivity index (χ0v) is 19.5. The maximum atomic E-state index is 13.6. The van der Waals surface area contributed by atoms with Gasteiger partial charge in [-0.25, -0.2) is 4.39 Å². The summed E-state index contributed by atoms with van der Waals surface area (Å²) in [5, 5.41) is 6.59. The van der Waals surface area contributed by atoms with Crippen LogP contribution >= 0.6 is 0 Å². The first kappa shape index (κ1) is 23.0. The van der Waals surface area contributed by atoms with Crippen molar-refractivity contribution in [1.29, 1.82) is 0 Å². The van der Waals surface area contributed by atoms with Crippen LogP contribution in [0.5, 0.6) is 0 Å². The minimum Gasteiger partial charge on any atom is -0.385 e. The zero-order valence-electron chi connectivity index (χ0n) is 19.5. The van der Waals surface area contributed by atoms with Crippen molar-refractivity contribution in [1.82, 2.24) is 5.32 Å². The number of halogens is 1. The molecule has 1 aliphatic rings.